The van der Waals surface area contributed by atoms with Gasteiger partial charge in [0, 0.05) is 29.7 Å². The second kappa shape index (κ2) is 13.3. The van der Waals surface area contributed by atoms with E-state index in [1.165, 1.54) is 12.0 Å². The van der Waals surface area contributed by atoms with E-state index in [1.807, 2.05) is 0 Å². The number of nitrogens with one attached hydrogen (secondary N) is 1. The van der Waals surface area contributed by atoms with Crippen LogP contribution in [0.1, 0.15) is 165 Å². The first-order chi connectivity index (χ1) is 23.7. The third kappa shape index (κ3) is 6.15. The lowest BCUT2D eigenvalue weighted by Gasteiger charge is -2.72. The summed E-state index contributed by atoms with van der Waals surface area (Å²) in [5, 5.41) is 12.9. The molecular weight excluding hydrogens is 638 g/mol. The number of carboxylic acids is 1. The minimum absolute atomic E-state index is 0.0781. The Bertz CT molecular complexity index is 1450. The second-order valence-corrected chi connectivity index (χ2v) is 20.6. The van der Waals surface area contributed by atoms with E-state index in [0.717, 1.165) is 89.0 Å². The number of Topliss-reactive ketones (excluding diaryl/α,β-unsaturated/α-hetero) is 1. The Morgan fingerprint density at radius 3 is 2.20 bits per heavy atom. The van der Waals surface area contributed by atoms with Gasteiger partial charge in [0.25, 0.3) is 0 Å². The molecule has 1 amide bonds. The summed E-state index contributed by atoms with van der Waals surface area (Å²) in [5.41, 5.74) is 1.39. The Kier molecular flexibility index (Phi) is 10.0. The first-order valence-electron chi connectivity index (χ1n) is 20.7. The van der Waals surface area contributed by atoms with Crippen molar-refractivity contribution in [3.8, 4) is 0 Å². The molecule has 2 N–H and O–H groups in total. The van der Waals surface area contributed by atoms with Crippen molar-refractivity contribution in [3.05, 3.63) is 11.1 Å². The molecule has 5 fully saturated rings. The molecule has 0 aliphatic heterocycles. The van der Waals surface area contributed by atoms with Crippen LogP contribution in [0.2, 0.25) is 0 Å². The number of rotatable bonds is 9. The number of hydrogen-bond acceptors (Lipinski definition) is 5. The van der Waals surface area contributed by atoms with Crippen molar-refractivity contribution in [2.45, 2.75) is 171 Å². The Morgan fingerprint density at radius 1 is 0.863 bits per heavy atom. The predicted octanol–water partition coefficient (Wildman–Crippen LogP) is 9.47. The van der Waals surface area contributed by atoms with Gasteiger partial charge in [0.2, 0.25) is 5.91 Å². The van der Waals surface area contributed by atoms with Gasteiger partial charge in [0.05, 0.1) is 11.8 Å². The molecule has 0 saturated heterocycles. The first-order valence-corrected chi connectivity index (χ1v) is 20.7. The molecule has 286 valence electrons. The molecule has 1 unspecified atom stereocenters. The van der Waals surface area contributed by atoms with Crippen LogP contribution in [0.15, 0.2) is 11.1 Å². The normalized spacial score (nSPS) is 39.5. The van der Waals surface area contributed by atoms with Crippen LogP contribution < -0.4 is 5.32 Å². The van der Waals surface area contributed by atoms with Crippen molar-refractivity contribution in [3.63, 3.8) is 0 Å². The highest BCUT2D eigenvalue weighted by molar-refractivity contribution is 6.00. The van der Waals surface area contributed by atoms with Crippen LogP contribution >= 0.6 is 0 Å². The number of carboxylic acid groups (broad SMARTS) is 1. The average molecular weight is 708 g/mol. The molecule has 0 aromatic rings. The highest BCUT2D eigenvalue weighted by Crippen LogP contribution is 2.77. The Hall–Kier alpha value is -2.18. The quantitative estimate of drug-likeness (QED) is 0.231. The van der Waals surface area contributed by atoms with Crippen LogP contribution in [0.3, 0.4) is 0 Å². The molecule has 0 aromatic carbocycles. The number of carbonyl (C=O) groups excluding carboxylic acids is 3. The lowest BCUT2D eigenvalue weighted by molar-refractivity contribution is -0.233. The van der Waals surface area contributed by atoms with Gasteiger partial charge in [-0.3, -0.25) is 19.2 Å². The topological polar surface area (TPSA) is 110 Å². The van der Waals surface area contributed by atoms with Crippen molar-refractivity contribution >= 4 is 23.6 Å². The smallest absolute Gasteiger partial charge is 0.309 e. The van der Waals surface area contributed by atoms with E-state index in [2.05, 4.69) is 53.8 Å². The summed E-state index contributed by atoms with van der Waals surface area (Å²) >= 11 is 0. The van der Waals surface area contributed by atoms with Crippen LogP contribution in [0, 0.1) is 62.1 Å². The van der Waals surface area contributed by atoms with Crippen LogP contribution in [-0.4, -0.2) is 41.4 Å². The lowest BCUT2D eigenvalue weighted by Crippen LogP contribution is -2.65. The molecule has 6 aliphatic carbocycles. The molecule has 0 bridgehead atoms. The number of ketones is 1. The van der Waals surface area contributed by atoms with Crippen molar-refractivity contribution in [2.75, 3.05) is 6.54 Å². The van der Waals surface area contributed by atoms with E-state index >= 15 is 0 Å². The number of ether oxygens (including phenoxy) is 1. The third-order valence-electron chi connectivity index (χ3n) is 16.8. The van der Waals surface area contributed by atoms with Gasteiger partial charge in [-0.15, -0.1) is 0 Å². The molecule has 8 atom stereocenters. The summed E-state index contributed by atoms with van der Waals surface area (Å²) in [4.78, 5) is 52.0. The van der Waals surface area contributed by atoms with Crippen LogP contribution in [0.25, 0.3) is 0 Å². The fraction of sp³-hybridized carbons (Fsp3) is 0.864. The summed E-state index contributed by atoms with van der Waals surface area (Å²) in [5.74, 6) is 0.862. The monoisotopic (exact) mass is 708 g/mol. The number of hydrogen-bond donors (Lipinski definition) is 2. The maximum atomic E-state index is 14.0. The molecule has 7 nitrogen and oxygen atoms in total. The zero-order valence-electron chi connectivity index (χ0n) is 33.5. The van der Waals surface area contributed by atoms with E-state index in [4.69, 9.17) is 4.74 Å². The number of aliphatic carboxylic acids is 1. The molecule has 6 aliphatic rings. The van der Waals surface area contributed by atoms with Gasteiger partial charge in [0.15, 0.2) is 5.78 Å². The molecule has 0 heterocycles. The zero-order valence-corrected chi connectivity index (χ0v) is 33.5. The number of carbonyl (C=O) groups is 4. The van der Waals surface area contributed by atoms with Gasteiger partial charge in [-0.2, -0.15) is 0 Å². The summed E-state index contributed by atoms with van der Waals surface area (Å²) in [6.07, 6.45) is 15.1. The van der Waals surface area contributed by atoms with Gasteiger partial charge < -0.3 is 15.2 Å². The van der Waals surface area contributed by atoms with Gasteiger partial charge in [-0.25, -0.2) is 0 Å². The summed E-state index contributed by atoms with van der Waals surface area (Å²) < 4.78 is 6.17. The summed E-state index contributed by atoms with van der Waals surface area (Å²) in [6.45, 7) is 20.6. The van der Waals surface area contributed by atoms with Gasteiger partial charge in [-0.05, 0) is 130 Å². The minimum Gasteiger partial charge on any atom is -0.481 e. The average Bonchev–Trinajstić information content (AvgIpc) is 3.35. The highest BCUT2D eigenvalue weighted by atomic mass is 16.5. The Morgan fingerprint density at radius 2 is 1.55 bits per heavy atom. The molecule has 51 heavy (non-hydrogen) atoms. The van der Waals surface area contributed by atoms with Gasteiger partial charge >= 0.3 is 11.9 Å². The van der Waals surface area contributed by atoms with E-state index in [0.29, 0.717) is 36.5 Å². The number of allylic oxidation sites excluding steroid dienone is 2. The molecule has 6 rings (SSSR count). The summed E-state index contributed by atoms with van der Waals surface area (Å²) in [7, 11) is 0. The van der Waals surface area contributed by atoms with E-state index < -0.39 is 17.4 Å². The summed E-state index contributed by atoms with van der Waals surface area (Å²) in [6, 6.07) is 0. The molecular formula is C44H69NO6. The number of esters is 1. The number of fused-ring (bicyclic) bond motifs is 7. The fourth-order valence-corrected chi connectivity index (χ4v) is 13.8. The largest absolute Gasteiger partial charge is 0.481 e. The van der Waals surface area contributed by atoms with Gasteiger partial charge in [-0.1, -0.05) is 73.3 Å². The Balaban J connectivity index is 1.24. The van der Waals surface area contributed by atoms with Gasteiger partial charge in [0.1, 0.15) is 6.10 Å². The van der Waals surface area contributed by atoms with Crippen LogP contribution in [-0.2, 0) is 23.9 Å². The standard InChI is InChI=1S/C44H69NO6/c1-27(2)35-30(46)25-44(23-24-45-37(48)28-13-11-10-12-14-28)22-21-42(8)29(36(35)44)15-16-32-41(7)19-18-33(51-34(47)26-39(3,4)38(49)50)40(5,6)31(41)17-20-43(32,42)9/h27-29,31-33H,10-26H2,1-9H3,(H,45,48)(H,49,50)/t29-,31-,32?,33+,41+,42-,43-,44-/m1/s1. The van der Waals surface area contributed by atoms with Crippen molar-refractivity contribution in [1.29, 1.82) is 0 Å². The van der Waals surface area contributed by atoms with Crippen molar-refractivity contribution in [1.82, 2.24) is 5.32 Å². The molecule has 0 aromatic heterocycles. The number of amides is 1. The minimum atomic E-state index is -1.15. The van der Waals surface area contributed by atoms with Crippen molar-refractivity contribution in [2.24, 2.45) is 62.1 Å². The molecule has 0 radical (unpaired) electrons. The molecule has 5 saturated carbocycles. The molecule has 0 spiro atoms. The highest BCUT2D eigenvalue weighted by Gasteiger charge is 2.70. The van der Waals surface area contributed by atoms with Crippen LogP contribution in [0.4, 0.5) is 0 Å². The second-order valence-electron chi connectivity index (χ2n) is 20.6. The zero-order chi connectivity index (χ0) is 37.4. The SMILES string of the molecule is CC(C)C1=C2[C@H]3CCC4[C@@]5(C)CC[C@H](OC(=O)CC(C)(C)C(=O)O)C(C)(C)[C@H]5CC[C@@]4(C)[C@]3(C)CC[C@@]2(CCNC(=O)C2CCCCC2)CC1=O. The Labute approximate surface area is 308 Å². The fourth-order valence-electron chi connectivity index (χ4n) is 13.8. The third-order valence-corrected chi connectivity index (χ3v) is 16.8. The van der Waals surface area contributed by atoms with E-state index in [-0.39, 0.29) is 57.3 Å². The van der Waals surface area contributed by atoms with Crippen molar-refractivity contribution < 1.29 is 29.0 Å². The maximum Gasteiger partial charge on any atom is 0.309 e. The van der Waals surface area contributed by atoms with E-state index in [1.54, 1.807) is 13.8 Å². The maximum absolute atomic E-state index is 14.0. The van der Waals surface area contributed by atoms with Crippen LogP contribution in [0.5, 0.6) is 0 Å². The molecule has 7 heteroatoms. The predicted molar refractivity (Wildman–Crippen MR) is 200 cm³/mol. The van der Waals surface area contributed by atoms with E-state index in [9.17, 15) is 24.3 Å². The first kappa shape index (κ1) is 38.5. The lowest BCUT2D eigenvalue weighted by atomic mass is 9.33.